The Kier molecular flexibility index (Phi) is 6.85. The lowest BCUT2D eigenvalue weighted by molar-refractivity contribution is 0.332. The van der Waals surface area contributed by atoms with Crippen molar-refractivity contribution < 1.29 is 9.47 Å². The third kappa shape index (κ3) is 5.54. The molecule has 0 fully saturated rings. The fraction of sp³-hybridized carbons (Fsp3) is 0.391. The average molecular weight is 412 g/mol. The second-order valence-electron chi connectivity index (χ2n) is 7.79. The minimum atomic E-state index is 0.142. The molecule has 6 heteroatoms. The SMILES string of the molecule is CCOc1ccc(OCCSc2nnc(-c3ccc(C(C)(C)C)cc3)n2C)cc1. The largest absolute Gasteiger partial charge is 0.494 e. The molecule has 0 atom stereocenters. The Bertz CT molecular complexity index is 913. The number of hydrogen-bond donors (Lipinski definition) is 0. The molecule has 0 N–H and O–H groups in total. The third-order valence-electron chi connectivity index (χ3n) is 4.56. The highest BCUT2D eigenvalue weighted by molar-refractivity contribution is 7.99. The van der Waals surface area contributed by atoms with E-state index in [0.29, 0.717) is 13.2 Å². The van der Waals surface area contributed by atoms with E-state index in [4.69, 9.17) is 9.47 Å². The van der Waals surface area contributed by atoms with Crippen molar-refractivity contribution in [1.82, 2.24) is 14.8 Å². The maximum atomic E-state index is 5.80. The van der Waals surface area contributed by atoms with E-state index in [0.717, 1.165) is 33.8 Å². The Balaban J connectivity index is 1.54. The van der Waals surface area contributed by atoms with E-state index in [1.165, 1.54) is 5.56 Å². The van der Waals surface area contributed by atoms with Gasteiger partial charge in [-0.25, -0.2) is 0 Å². The molecular formula is C23H29N3O2S. The lowest BCUT2D eigenvalue weighted by atomic mass is 9.87. The fourth-order valence-corrected chi connectivity index (χ4v) is 3.63. The zero-order chi connectivity index (χ0) is 20.9. The van der Waals surface area contributed by atoms with Crippen molar-refractivity contribution in [2.45, 2.75) is 38.3 Å². The predicted molar refractivity (Wildman–Crippen MR) is 119 cm³/mol. The van der Waals surface area contributed by atoms with E-state index in [2.05, 4.69) is 55.2 Å². The minimum absolute atomic E-state index is 0.142. The lowest BCUT2D eigenvalue weighted by Crippen LogP contribution is -2.10. The monoisotopic (exact) mass is 411 g/mol. The first-order valence-corrected chi connectivity index (χ1v) is 10.9. The summed E-state index contributed by atoms with van der Waals surface area (Å²) < 4.78 is 13.3. The van der Waals surface area contributed by atoms with E-state index >= 15 is 0 Å². The van der Waals surface area contributed by atoms with Gasteiger partial charge in [0.1, 0.15) is 11.5 Å². The van der Waals surface area contributed by atoms with Gasteiger partial charge < -0.3 is 14.0 Å². The zero-order valence-corrected chi connectivity index (χ0v) is 18.6. The van der Waals surface area contributed by atoms with Gasteiger partial charge >= 0.3 is 0 Å². The third-order valence-corrected chi connectivity index (χ3v) is 5.55. The number of hydrogen-bond acceptors (Lipinski definition) is 5. The van der Waals surface area contributed by atoms with Gasteiger partial charge in [0.2, 0.25) is 0 Å². The van der Waals surface area contributed by atoms with Crippen LogP contribution < -0.4 is 9.47 Å². The highest BCUT2D eigenvalue weighted by Gasteiger charge is 2.15. The topological polar surface area (TPSA) is 49.2 Å². The second kappa shape index (κ2) is 9.35. The Morgan fingerprint density at radius 1 is 0.897 bits per heavy atom. The molecular weight excluding hydrogens is 382 g/mol. The summed E-state index contributed by atoms with van der Waals surface area (Å²) in [4.78, 5) is 0. The van der Waals surface area contributed by atoms with Crippen LogP contribution in [0.2, 0.25) is 0 Å². The molecule has 0 saturated heterocycles. The van der Waals surface area contributed by atoms with E-state index in [-0.39, 0.29) is 5.41 Å². The van der Waals surface area contributed by atoms with Crippen LogP contribution in [0, 0.1) is 0 Å². The summed E-state index contributed by atoms with van der Waals surface area (Å²) in [7, 11) is 2.00. The molecule has 5 nitrogen and oxygen atoms in total. The van der Waals surface area contributed by atoms with Crippen LogP contribution in [0.1, 0.15) is 33.3 Å². The lowest BCUT2D eigenvalue weighted by Gasteiger charge is -2.19. The highest BCUT2D eigenvalue weighted by Crippen LogP contribution is 2.27. The predicted octanol–water partition coefficient (Wildman–Crippen LogP) is 5.35. The molecule has 1 heterocycles. The molecule has 29 heavy (non-hydrogen) atoms. The van der Waals surface area contributed by atoms with Crippen molar-refractivity contribution in [3.8, 4) is 22.9 Å². The van der Waals surface area contributed by atoms with E-state index < -0.39 is 0 Å². The average Bonchev–Trinajstić information content (AvgIpc) is 3.06. The maximum Gasteiger partial charge on any atom is 0.191 e. The first-order chi connectivity index (χ1) is 13.9. The molecule has 0 bridgehead atoms. The van der Waals surface area contributed by atoms with Crippen LogP contribution in [0.3, 0.4) is 0 Å². The molecule has 0 spiro atoms. The molecule has 0 aliphatic carbocycles. The van der Waals surface area contributed by atoms with Gasteiger partial charge in [0.25, 0.3) is 0 Å². The molecule has 0 unspecified atom stereocenters. The van der Waals surface area contributed by atoms with Gasteiger partial charge in [0.05, 0.1) is 13.2 Å². The maximum absolute atomic E-state index is 5.80. The number of aromatic nitrogens is 3. The number of ether oxygens (including phenoxy) is 2. The van der Waals surface area contributed by atoms with Gasteiger partial charge in [-0.15, -0.1) is 10.2 Å². The highest BCUT2D eigenvalue weighted by atomic mass is 32.2. The molecule has 1 aromatic heterocycles. The molecule has 3 aromatic rings. The summed E-state index contributed by atoms with van der Waals surface area (Å²) in [6.45, 7) is 9.89. The standard InChI is InChI=1S/C23H29N3O2S/c1-6-27-19-11-13-20(14-12-19)28-15-16-29-22-25-24-21(26(22)5)17-7-9-18(10-8-17)23(2,3)4/h7-14H,6,15-16H2,1-5H3. The van der Waals surface area contributed by atoms with Crippen molar-refractivity contribution in [3.05, 3.63) is 54.1 Å². The molecule has 2 aromatic carbocycles. The molecule has 0 radical (unpaired) electrons. The summed E-state index contributed by atoms with van der Waals surface area (Å²) in [5.74, 6) is 3.37. The van der Waals surface area contributed by atoms with Crippen molar-refractivity contribution in [2.24, 2.45) is 7.05 Å². The van der Waals surface area contributed by atoms with Crippen molar-refractivity contribution in [3.63, 3.8) is 0 Å². The molecule has 0 amide bonds. The van der Waals surface area contributed by atoms with Crippen molar-refractivity contribution >= 4 is 11.8 Å². The summed E-state index contributed by atoms with van der Waals surface area (Å²) >= 11 is 1.64. The van der Waals surface area contributed by atoms with Crippen LogP contribution in [0.4, 0.5) is 0 Å². The van der Waals surface area contributed by atoms with Gasteiger partial charge in [-0.2, -0.15) is 0 Å². The molecule has 0 saturated carbocycles. The smallest absolute Gasteiger partial charge is 0.191 e. The number of thioether (sulfide) groups is 1. The molecule has 0 aliphatic rings. The molecule has 154 valence electrons. The van der Waals surface area contributed by atoms with E-state index in [1.807, 2.05) is 42.8 Å². The molecule has 0 aliphatic heterocycles. The van der Waals surface area contributed by atoms with Crippen LogP contribution in [0.25, 0.3) is 11.4 Å². The van der Waals surface area contributed by atoms with Crippen LogP contribution in [-0.4, -0.2) is 33.7 Å². The van der Waals surface area contributed by atoms with Crippen LogP contribution >= 0.6 is 11.8 Å². The van der Waals surface area contributed by atoms with Gasteiger partial charge in [0, 0.05) is 18.4 Å². The van der Waals surface area contributed by atoms with Gasteiger partial charge in [-0.05, 0) is 42.2 Å². The Morgan fingerprint density at radius 3 is 2.10 bits per heavy atom. The number of rotatable bonds is 8. The number of benzene rings is 2. The normalized spacial score (nSPS) is 11.5. The molecule has 3 rings (SSSR count). The van der Waals surface area contributed by atoms with Crippen LogP contribution in [0.15, 0.2) is 53.7 Å². The van der Waals surface area contributed by atoms with E-state index in [1.54, 1.807) is 11.8 Å². The van der Waals surface area contributed by atoms with Crippen molar-refractivity contribution in [1.29, 1.82) is 0 Å². The first kappa shape index (κ1) is 21.2. The quantitative estimate of drug-likeness (QED) is 0.369. The number of nitrogens with zero attached hydrogens (tertiary/aromatic N) is 3. The Labute approximate surface area is 177 Å². The Hall–Kier alpha value is -2.47. The van der Waals surface area contributed by atoms with E-state index in [9.17, 15) is 0 Å². The van der Waals surface area contributed by atoms with Gasteiger partial charge in [0.15, 0.2) is 11.0 Å². The summed E-state index contributed by atoms with van der Waals surface area (Å²) in [6, 6.07) is 16.3. The fourth-order valence-electron chi connectivity index (χ4n) is 2.90. The van der Waals surface area contributed by atoms with Crippen LogP contribution in [0.5, 0.6) is 11.5 Å². The zero-order valence-electron chi connectivity index (χ0n) is 17.8. The van der Waals surface area contributed by atoms with Gasteiger partial charge in [-0.3, -0.25) is 0 Å². The van der Waals surface area contributed by atoms with Crippen molar-refractivity contribution in [2.75, 3.05) is 19.0 Å². The van der Waals surface area contributed by atoms with Gasteiger partial charge in [-0.1, -0.05) is 56.8 Å². The Morgan fingerprint density at radius 2 is 1.52 bits per heavy atom. The first-order valence-electron chi connectivity index (χ1n) is 9.87. The minimum Gasteiger partial charge on any atom is -0.494 e. The second-order valence-corrected chi connectivity index (χ2v) is 8.86. The summed E-state index contributed by atoms with van der Waals surface area (Å²) in [5.41, 5.74) is 2.53. The summed E-state index contributed by atoms with van der Waals surface area (Å²) in [6.07, 6.45) is 0. The van der Waals surface area contributed by atoms with Crippen LogP contribution in [-0.2, 0) is 12.5 Å². The summed E-state index contributed by atoms with van der Waals surface area (Å²) in [5, 5.41) is 9.61.